The van der Waals surface area contributed by atoms with Gasteiger partial charge in [-0.3, -0.25) is 4.79 Å². The van der Waals surface area contributed by atoms with Crippen LogP contribution in [0.1, 0.15) is 31.4 Å². The Hall–Kier alpha value is -1.52. The van der Waals surface area contributed by atoms with Crippen molar-refractivity contribution >= 4 is 17.5 Å². The summed E-state index contributed by atoms with van der Waals surface area (Å²) in [7, 11) is 0. The van der Waals surface area contributed by atoms with E-state index < -0.39 is 6.10 Å². The average molecular weight is 310 g/mol. The lowest BCUT2D eigenvalue weighted by Gasteiger charge is -2.28. The summed E-state index contributed by atoms with van der Waals surface area (Å²) in [6, 6.07) is 5.48. The summed E-state index contributed by atoms with van der Waals surface area (Å²) in [5, 5.41) is 3.57. The molecule has 0 bridgehead atoms. The van der Waals surface area contributed by atoms with Crippen LogP contribution >= 0.6 is 11.6 Å². The first-order valence-electron chi connectivity index (χ1n) is 7.07. The van der Waals surface area contributed by atoms with Crippen LogP contribution in [0, 0.1) is 0 Å². The standard InChI is InChI=1S/C16H20ClNO3/c1-3-4-9-20-11(2)16(19)18-14-8-10-21-15-12(14)6-5-7-13(15)17/h3,5-7,11,14H,1,4,8-10H2,2H3,(H,18,19). The molecule has 0 fully saturated rings. The number of rotatable bonds is 6. The van der Waals surface area contributed by atoms with Gasteiger partial charge in [-0.1, -0.05) is 29.8 Å². The summed E-state index contributed by atoms with van der Waals surface area (Å²) in [5.74, 6) is 0.535. The molecule has 0 saturated heterocycles. The first kappa shape index (κ1) is 15.9. The number of amides is 1. The molecule has 1 amide bonds. The number of ether oxygens (including phenoxy) is 2. The van der Waals surface area contributed by atoms with Gasteiger partial charge < -0.3 is 14.8 Å². The number of carbonyl (C=O) groups is 1. The van der Waals surface area contributed by atoms with Crippen LogP contribution in [0.3, 0.4) is 0 Å². The van der Waals surface area contributed by atoms with Gasteiger partial charge in [0.15, 0.2) is 0 Å². The van der Waals surface area contributed by atoms with Gasteiger partial charge in [0.05, 0.1) is 24.3 Å². The molecule has 0 aromatic heterocycles. The van der Waals surface area contributed by atoms with Crippen molar-refractivity contribution in [2.75, 3.05) is 13.2 Å². The molecule has 5 heteroatoms. The number of fused-ring (bicyclic) bond motifs is 1. The Balaban J connectivity index is 1.99. The average Bonchev–Trinajstić information content (AvgIpc) is 2.48. The fourth-order valence-electron chi connectivity index (χ4n) is 2.23. The second-order valence-electron chi connectivity index (χ2n) is 4.95. The summed E-state index contributed by atoms with van der Waals surface area (Å²) in [5.41, 5.74) is 0.917. The number of hydrogen-bond acceptors (Lipinski definition) is 3. The predicted octanol–water partition coefficient (Wildman–Crippen LogP) is 3.26. The van der Waals surface area contributed by atoms with E-state index in [1.807, 2.05) is 12.1 Å². The zero-order valence-electron chi connectivity index (χ0n) is 12.1. The lowest BCUT2D eigenvalue weighted by Crippen LogP contribution is -2.39. The van der Waals surface area contributed by atoms with Crippen LogP contribution in [-0.2, 0) is 9.53 Å². The third kappa shape index (κ3) is 3.99. The van der Waals surface area contributed by atoms with Crippen molar-refractivity contribution in [2.24, 2.45) is 0 Å². The molecule has 1 N–H and O–H groups in total. The molecule has 0 aliphatic carbocycles. The van der Waals surface area contributed by atoms with Gasteiger partial charge in [0, 0.05) is 12.0 Å². The molecule has 2 atom stereocenters. The van der Waals surface area contributed by atoms with E-state index >= 15 is 0 Å². The van der Waals surface area contributed by atoms with Gasteiger partial charge in [-0.15, -0.1) is 6.58 Å². The molecule has 1 aliphatic rings. The van der Waals surface area contributed by atoms with Gasteiger partial charge in [-0.2, -0.15) is 0 Å². The topological polar surface area (TPSA) is 47.6 Å². The summed E-state index contributed by atoms with van der Waals surface area (Å²) >= 11 is 6.12. The van der Waals surface area contributed by atoms with Crippen LogP contribution in [0.15, 0.2) is 30.9 Å². The first-order chi connectivity index (χ1) is 10.1. The quantitative estimate of drug-likeness (QED) is 0.648. The van der Waals surface area contributed by atoms with E-state index in [2.05, 4.69) is 11.9 Å². The largest absolute Gasteiger partial charge is 0.492 e. The minimum atomic E-state index is -0.490. The molecule has 0 saturated carbocycles. The SMILES string of the molecule is C=CCCOC(C)C(=O)NC1CCOc2c(Cl)cccc21. The summed E-state index contributed by atoms with van der Waals surface area (Å²) in [4.78, 5) is 12.2. The van der Waals surface area contributed by atoms with Gasteiger partial charge in [0.2, 0.25) is 5.91 Å². The van der Waals surface area contributed by atoms with Crippen molar-refractivity contribution in [1.82, 2.24) is 5.32 Å². The molecule has 0 radical (unpaired) electrons. The van der Waals surface area contributed by atoms with E-state index in [-0.39, 0.29) is 11.9 Å². The van der Waals surface area contributed by atoms with Crippen LogP contribution in [0.2, 0.25) is 5.02 Å². The molecule has 114 valence electrons. The van der Waals surface area contributed by atoms with Gasteiger partial charge in [0.25, 0.3) is 0 Å². The minimum absolute atomic E-state index is 0.0922. The molecule has 1 aromatic carbocycles. The Kier molecular flexibility index (Phi) is 5.65. The third-order valence-electron chi connectivity index (χ3n) is 3.40. The highest BCUT2D eigenvalue weighted by atomic mass is 35.5. The maximum Gasteiger partial charge on any atom is 0.249 e. The highest BCUT2D eigenvalue weighted by Gasteiger charge is 2.26. The predicted molar refractivity (Wildman–Crippen MR) is 82.7 cm³/mol. The van der Waals surface area contributed by atoms with Crippen LogP contribution in [-0.4, -0.2) is 25.2 Å². The Morgan fingerprint density at radius 3 is 3.24 bits per heavy atom. The Bertz CT molecular complexity index is 518. The lowest BCUT2D eigenvalue weighted by molar-refractivity contribution is -0.132. The highest BCUT2D eigenvalue weighted by molar-refractivity contribution is 6.32. The molecule has 1 aromatic rings. The Morgan fingerprint density at radius 2 is 2.48 bits per heavy atom. The van der Waals surface area contributed by atoms with Gasteiger partial charge in [-0.25, -0.2) is 0 Å². The smallest absolute Gasteiger partial charge is 0.249 e. The monoisotopic (exact) mass is 309 g/mol. The van der Waals surface area contributed by atoms with Crippen LogP contribution in [0.5, 0.6) is 5.75 Å². The number of hydrogen-bond donors (Lipinski definition) is 1. The molecule has 4 nitrogen and oxygen atoms in total. The molecule has 2 rings (SSSR count). The first-order valence-corrected chi connectivity index (χ1v) is 7.45. The van der Waals surface area contributed by atoms with Crippen LogP contribution in [0.25, 0.3) is 0 Å². The summed E-state index contributed by atoms with van der Waals surface area (Å²) in [6.45, 7) is 6.40. The van der Waals surface area contributed by atoms with E-state index in [4.69, 9.17) is 21.1 Å². The zero-order chi connectivity index (χ0) is 15.2. The number of nitrogens with one attached hydrogen (secondary N) is 1. The van der Waals surface area contributed by atoms with Gasteiger partial charge >= 0.3 is 0 Å². The second kappa shape index (κ2) is 7.48. The van der Waals surface area contributed by atoms with E-state index in [1.54, 1.807) is 19.1 Å². The third-order valence-corrected chi connectivity index (χ3v) is 3.70. The molecule has 0 spiro atoms. The minimum Gasteiger partial charge on any atom is -0.492 e. The fourth-order valence-corrected chi connectivity index (χ4v) is 2.47. The normalized spacial score (nSPS) is 18.3. The van der Waals surface area contributed by atoms with Gasteiger partial charge in [0.1, 0.15) is 11.9 Å². The van der Waals surface area contributed by atoms with Crippen LogP contribution in [0.4, 0.5) is 0 Å². The van der Waals surface area contributed by atoms with Crippen LogP contribution < -0.4 is 10.1 Å². The molecule has 1 heterocycles. The van der Waals surface area contributed by atoms with Crippen molar-refractivity contribution < 1.29 is 14.3 Å². The fraction of sp³-hybridized carbons (Fsp3) is 0.438. The zero-order valence-corrected chi connectivity index (χ0v) is 12.9. The number of carbonyl (C=O) groups excluding carboxylic acids is 1. The Morgan fingerprint density at radius 1 is 1.67 bits per heavy atom. The van der Waals surface area contributed by atoms with Crippen molar-refractivity contribution in [3.8, 4) is 5.75 Å². The van der Waals surface area contributed by atoms with Crippen molar-refractivity contribution in [3.05, 3.63) is 41.4 Å². The van der Waals surface area contributed by atoms with E-state index in [9.17, 15) is 4.79 Å². The number of benzene rings is 1. The summed E-state index contributed by atoms with van der Waals surface area (Å²) in [6.07, 6.45) is 2.73. The van der Waals surface area contributed by atoms with E-state index in [0.29, 0.717) is 24.0 Å². The molecule has 2 unspecified atom stereocenters. The molecule has 1 aliphatic heterocycles. The summed E-state index contributed by atoms with van der Waals surface area (Å²) < 4.78 is 11.0. The highest BCUT2D eigenvalue weighted by Crippen LogP contribution is 2.37. The number of para-hydroxylation sites is 1. The lowest BCUT2D eigenvalue weighted by atomic mass is 10.0. The van der Waals surface area contributed by atoms with Crippen molar-refractivity contribution in [1.29, 1.82) is 0 Å². The van der Waals surface area contributed by atoms with Crippen molar-refractivity contribution in [3.63, 3.8) is 0 Å². The van der Waals surface area contributed by atoms with E-state index in [1.165, 1.54) is 0 Å². The second-order valence-corrected chi connectivity index (χ2v) is 5.35. The molecular weight excluding hydrogens is 290 g/mol. The molecular formula is C16H20ClNO3. The van der Waals surface area contributed by atoms with Crippen molar-refractivity contribution in [2.45, 2.75) is 31.9 Å². The maximum atomic E-state index is 12.2. The van der Waals surface area contributed by atoms with E-state index in [0.717, 1.165) is 18.4 Å². The maximum absolute atomic E-state index is 12.2. The van der Waals surface area contributed by atoms with Gasteiger partial charge in [-0.05, 0) is 19.4 Å². The number of halogens is 1. The Labute approximate surface area is 130 Å². The molecule has 21 heavy (non-hydrogen) atoms.